The molecule has 2 aromatic rings. The van der Waals surface area contributed by atoms with Gasteiger partial charge in [-0.15, -0.1) is 11.3 Å². The molecule has 0 saturated heterocycles. The molecule has 0 radical (unpaired) electrons. The first-order valence-electron chi connectivity index (χ1n) is 5.57. The third-order valence-corrected chi connectivity index (χ3v) is 3.64. The average molecular weight is 279 g/mol. The molecule has 0 saturated carbocycles. The van der Waals surface area contributed by atoms with Gasteiger partial charge >= 0.3 is 5.69 Å². The largest absolute Gasteiger partial charge is 0.368 e. The minimum absolute atomic E-state index is 0.0176. The van der Waals surface area contributed by atoms with E-state index in [-0.39, 0.29) is 29.2 Å². The summed E-state index contributed by atoms with van der Waals surface area (Å²) in [6, 6.07) is 3.78. The Morgan fingerprint density at radius 2 is 2.26 bits per heavy atom. The zero-order valence-corrected chi connectivity index (χ0v) is 11.3. The molecule has 3 N–H and O–H groups in total. The Bertz CT molecular complexity index is 599. The maximum atomic E-state index is 11.1. The Balaban J connectivity index is 2.36. The van der Waals surface area contributed by atoms with Crippen LogP contribution in [0.3, 0.4) is 0 Å². The highest BCUT2D eigenvalue weighted by Gasteiger charge is 2.23. The van der Waals surface area contributed by atoms with E-state index in [2.05, 4.69) is 15.3 Å². The summed E-state index contributed by atoms with van der Waals surface area (Å²) in [6.07, 6.45) is 0. The van der Waals surface area contributed by atoms with E-state index in [1.54, 1.807) is 11.3 Å². The van der Waals surface area contributed by atoms with Crippen LogP contribution in [0.5, 0.6) is 0 Å². The van der Waals surface area contributed by atoms with Crippen molar-refractivity contribution in [1.29, 1.82) is 0 Å². The molecule has 0 amide bonds. The summed E-state index contributed by atoms with van der Waals surface area (Å²) in [7, 11) is 0. The van der Waals surface area contributed by atoms with E-state index in [0.717, 1.165) is 4.88 Å². The Labute approximate surface area is 113 Å². The van der Waals surface area contributed by atoms with Crippen LogP contribution in [0.1, 0.15) is 23.5 Å². The lowest BCUT2D eigenvalue weighted by atomic mass is 10.2. The molecule has 1 atom stereocenters. The van der Waals surface area contributed by atoms with E-state index in [1.807, 2.05) is 24.4 Å². The molecule has 2 rings (SSSR count). The normalized spacial score (nSPS) is 12.1. The first-order chi connectivity index (χ1) is 8.99. The van der Waals surface area contributed by atoms with Gasteiger partial charge in [-0.05, 0) is 25.3 Å². The van der Waals surface area contributed by atoms with Crippen LogP contribution < -0.4 is 11.1 Å². The molecule has 0 fully saturated rings. The Morgan fingerprint density at radius 1 is 1.53 bits per heavy atom. The molecule has 100 valence electrons. The van der Waals surface area contributed by atoms with Gasteiger partial charge < -0.3 is 11.1 Å². The van der Waals surface area contributed by atoms with E-state index >= 15 is 0 Å². The lowest BCUT2D eigenvalue weighted by Crippen LogP contribution is -2.12. The highest BCUT2D eigenvalue weighted by Crippen LogP contribution is 2.30. The fraction of sp³-hybridized carbons (Fsp3) is 0.273. The number of nitrogens with zero attached hydrogens (tertiary/aromatic N) is 3. The number of anilines is 2. The monoisotopic (exact) mass is 279 g/mol. The SMILES string of the molecule is Cc1nc(N)nc(NC(C)c2cccs2)c1[N+](=O)[O-]. The molecule has 0 bridgehead atoms. The molecule has 2 aromatic heterocycles. The Morgan fingerprint density at radius 3 is 2.84 bits per heavy atom. The predicted octanol–water partition coefficient (Wildman–Crippen LogP) is 2.51. The lowest BCUT2D eigenvalue weighted by molar-refractivity contribution is -0.385. The smallest absolute Gasteiger partial charge is 0.332 e. The first-order valence-corrected chi connectivity index (χ1v) is 6.45. The minimum atomic E-state index is -0.502. The van der Waals surface area contributed by atoms with Crippen LogP contribution in [0.15, 0.2) is 17.5 Å². The number of aromatic nitrogens is 2. The standard InChI is InChI=1S/C11H13N5O2S/c1-6(8-4-3-5-19-8)13-10-9(16(17)18)7(2)14-11(12)15-10/h3-6H,1-2H3,(H3,12,13,14,15). The van der Waals surface area contributed by atoms with Crippen LogP contribution in [0.2, 0.25) is 0 Å². The molecule has 7 nitrogen and oxygen atoms in total. The topological polar surface area (TPSA) is 107 Å². The van der Waals surface area contributed by atoms with Crippen LogP contribution in [-0.4, -0.2) is 14.9 Å². The fourth-order valence-electron chi connectivity index (χ4n) is 1.72. The van der Waals surface area contributed by atoms with Gasteiger partial charge in [0.05, 0.1) is 11.0 Å². The second-order valence-electron chi connectivity index (χ2n) is 4.00. The van der Waals surface area contributed by atoms with Crippen molar-refractivity contribution in [3.8, 4) is 0 Å². The van der Waals surface area contributed by atoms with Gasteiger partial charge in [-0.1, -0.05) is 6.07 Å². The first kappa shape index (κ1) is 13.2. The summed E-state index contributed by atoms with van der Waals surface area (Å²) in [4.78, 5) is 19.4. The molecule has 0 spiro atoms. The van der Waals surface area contributed by atoms with E-state index in [9.17, 15) is 10.1 Å². The fourth-order valence-corrected chi connectivity index (χ4v) is 2.46. The van der Waals surface area contributed by atoms with Gasteiger partial charge in [-0.25, -0.2) is 4.98 Å². The van der Waals surface area contributed by atoms with Crippen molar-refractivity contribution in [2.45, 2.75) is 19.9 Å². The number of aryl methyl sites for hydroxylation is 1. The molecule has 0 aliphatic heterocycles. The number of nitrogens with one attached hydrogen (secondary N) is 1. The number of hydrogen-bond acceptors (Lipinski definition) is 7. The molecular formula is C11H13N5O2S. The van der Waals surface area contributed by atoms with Gasteiger partial charge in [-0.3, -0.25) is 10.1 Å². The third-order valence-electron chi connectivity index (χ3n) is 2.58. The van der Waals surface area contributed by atoms with Gasteiger partial charge in [0, 0.05) is 4.88 Å². The second-order valence-corrected chi connectivity index (χ2v) is 4.98. The van der Waals surface area contributed by atoms with Crippen molar-refractivity contribution >= 4 is 28.8 Å². The van der Waals surface area contributed by atoms with Crippen LogP contribution in [-0.2, 0) is 0 Å². The minimum Gasteiger partial charge on any atom is -0.368 e. The number of nitrogen functional groups attached to an aromatic ring is 1. The number of nitrogens with two attached hydrogens (primary N) is 1. The van der Waals surface area contributed by atoms with Crippen LogP contribution in [0.25, 0.3) is 0 Å². The van der Waals surface area contributed by atoms with Crippen LogP contribution in [0, 0.1) is 17.0 Å². The van der Waals surface area contributed by atoms with Crippen molar-refractivity contribution in [3.63, 3.8) is 0 Å². The van der Waals surface area contributed by atoms with Gasteiger partial charge in [-0.2, -0.15) is 4.98 Å². The lowest BCUT2D eigenvalue weighted by Gasteiger charge is -2.13. The van der Waals surface area contributed by atoms with Crippen molar-refractivity contribution in [1.82, 2.24) is 9.97 Å². The number of rotatable bonds is 4. The zero-order valence-electron chi connectivity index (χ0n) is 10.5. The van der Waals surface area contributed by atoms with E-state index in [0.29, 0.717) is 0 Å². The summed E-state index contributed by atoms with van der Waals surface area (Å²) < 4.78 is 0. The van der Waals surface area contributed by atoms with Gasteiger partial charge in [0.25, 0.3) is 0 Å². The van der Waals surface area contributed by atoms with Crippen LogP contribution >= 0.6 is 11.3 Å². The van der Waals surface area contributed by atoms with Gasteiger partial charge in [0.1, 0.15) is 5.69 Å². The molecular weight excluding hydrogens is 266 g/mol. The third kappa shape index (κ3) is 2.79. The number of hydrogen-bond donors (Lipinski definition) is 2. The summed E-state index contributed by atoms with van der Waals surface area (Å²) in [5, 5.41) is 16.0. The van der Waals surface area contributed by atoms with Gasteiger partial charge in [0.2, 0.25) is 11.8 Å². The van der Waals surface area contributed by atoms with Crippen molar-refractivity contribution in [3.05, 3.63) is 38.2 Å². The molecule has 19 heavy (non-hydrogen) atoms. The van der Waals surface area contributed by atoms with E-state index in [4.69, 9.17) is 5.73 Å². The molecule has 0 aromatic carbocycles. The van der Waals surface area contributed by atoms with Gasteiger partial charge in [0.15, 0.2) is 0 Å². The average Bonchev–Trinajstić information content (AvgIpc) is 2.80. The van der Waals surface area contributed by atoms with Crippen molar-refractivity contribution in [2.75, 3.05) is 11.1 Å². The van der Waals surface area contributed by atoms with Crippen LogP contribution in [0.4, 0.5) is 17.5 Å². The van der Waals surface area contributed by atoms with E-state index in [1.165, 1.54) is 6.92 Å². The molecule has 0 aliphatic carbocycles. The molecule has 8 heteroatoms. The van der Waals surface area contributed by atoms with E-state index < -0.39 is 4.92 Å². The summed E-state index contributed by atoms with van der Waals surface area (Å²) >= 11 is 1.57. The van der Waals surface area contributed by atoms with Crippen molar-refractivity contribution in [2.24, 2.45) is 0 Å². The maximum Gasteiger partial charge on any atom is 0.332 e. The molecule has 0 aliphatic rings. The molecule has 1 unspecified atom stereocenters. The quantitative estimate of drug-likeness (QED) is 0.657. The predicted molar refractivity (Wildman–Crippen MR) is 74.2 cm³/mol. The second kappa shape index (κ2) is 5.19. The number of thiophene rings is 1. The summed E-state index contributed by atoms with van der Waals surface area (Å²) in [5.74, 6) is 0.167. The van der Waals surface area contributed by atoms with Crippen molar-refractivity contribution < 1.29 is 4.92 Å². The Kier molecular flexibility index (Phi) is 3.61. The summed E-state index contributed by atoms with van der Waals surface area (Å²) in [6.45, 7) is 3.44. The summed E-state index contributed by atoms with van der Waals surface area (Å²) in [5.41, 5.74) is 5.65. The Hall–Kier alpha value is -2.22. The molecule has 2 heterocycles. The highest BCUT2D eigenvalue weighted by atomic mass is 32.1. The maximum absolute atomic E-state index is 11.1. The highest BCUT2D eigenvalue weighted by molar-refractivity contribution is 7.10. The number of nitro groups is 1. The zero-order chi connectivity index (χ0) is 14.0.